The zero-order chi connectivity index (χ0) is 14.4. The number of nitrogens with zero attached hydrogens (tertiary/aromatic N) is 2. The zero-order valence-corrected chi connectivity index (χ0v) is 12.2. The van der Waals surface area contributed by atoms with Crippen LogP contribution in [-0.4, -0.2) is 9.78 Å². The standard InChI is InChI=1S/C15H13ClN2O2/c1-8-6-4-5-7-11(8)18-14-12(10(3)17-18)9(2)13(16)15(19)20-14/h4-7H,1-3H3. The van der Waals surface area contributed by atoms with Crippen molar-refractivity contribution in [2.45, 2.75) is 20.8 Å². The summed E-state index contributed by atoms with van der Waals surface area (Å²) < 4.78 is 7.01. The fourth-order valence-corrected chi connectivity index (χ4v) is 2.52. The summed E-state index contributed by atoms with van der Waals surface area (Å²) in [7, 11) is 0. The van der Waals surface area contributed by atoms with E-state index in [2.05, 4.69) is 5.10 Å². The van der Waals surface area contributed by atoms with E-state index in [1.165, 1.54) is 0 Å². The average Bonchev–Trinajstić information content (AvgIpc) is 2.73. The molecular formula is C15H13ClN2O2. The summed E-state index contributed by atoms with van der Waals surface area (Å²) in [4.78, 5) is 11.8. The van der Waals surface area contributed by atoms with Crippen LogP contribution in [0.25, 0.3) is 16.8 Å². The molecule has 2 heterocycles. The van der Waals surface area contributed by atoms with Crippen molar-refractivity contribution in [2.75, 3.05) is 0 Å². The molecule has 0 aliphatic rings. The lowest BCUT2D eigenvalue weighted by molar-refractivity contribution is 0.534. The monoisotopic (exact) mass is 288 g/mol. The first-order chi connectivity index (χ1) is 9.50. The van der Waals surface area contributed by atoms with Gasteiger partial charge in [0.25, 0.3) is 0 Å². The van der Waals surface area contributed by atoms with E-state index in [0.29, 0.717) is 11.3 Å². The third-order valence-electron chi connectivity index (χ3n) is 3.43. The van der Waals surface area contributed by atoms with Gasteiger partial charge in [-0.2, -0.15) is 9.78 Å². The maximum Gasteiger partial charge on any atom is 0.356 e. The highest BCUT2D eigenvalue weighted by Crippen LogP contribution is 2.27. The summed E-state index contributed by atoms with van der Waals surface area (Å²) in [6.07, 6.45) is 0. The van der Waals surface area contributed by atoms with Crippen LogP contribution in [-0.2, 0) is 0 Å². The van der Waals surface area contributed by atoms with Crippen molar-refractivity contribution in [2.24, 2.45) is 0 Å². The van der Waals surface area contributed by atoms with Crippen molar-refractivity contribution in [1.29, 1.82) is 0 Å². The molecule has 0 radical (unpaired) electrons. The van der Waals surface area contributed by atoms with Crippen LogP contribution < -0.4 is 5.63 Å². The molecule has 0 aliphatic heterocycles. The average molecular weight is 289 g/mol. The Morgan fingerprint density at radius 3 is 2.60 bits per heavy atom. The van der Waals surface area contributed by atoms with Gasteiger partial charge in [-0.15, -0.1) is 0 Å². The molecule has 0 amide bonds. The molecule has 0 unspecified atom stereocenters. The highest BCUT2D eigenvalue weighted by molar-refractivity contribution is 6.31. The molecule has 0 spiro atoms. The third kappa shape index (κ3) is 1.76. The van der Waals surface area contributed by atoms with Crippen molar-refractivity contribution in [3.8, 4) is 5.69 Å². The maximum atomic E-state index is 11.8. The Balaban J connectivity index is 2.46. The molecule has 20 heavy (non-hydrogen) atoms. The van der Waals surface area contributed by atoms with E-state index in [1.54, 1.807) is 11.6 Å². The van der Waals surface area contributed by atoms with Crippen molar-refractivity contribution >= 4 is 22.7 Å². The molecular weight excluding hydrogens is 276 g/mol. The normalized spacial score (nSPS) is 11.2. The second-order valence-corrected chi connectivity index (χ2v) is 5.17. The summed E-state index contributed by atoms with van der Waals surface area (Å²) in [5.41, 5.74) is 3.32. The third-order valence-corrected chi connectivity index (χ3v) is 3.87. The Kier molecular flexibility index (Phi) is 2.91. The molecule has 0 saturated carbocycles. The lowest BCUT2D eigenvalue weighted by Crippen LogP contribution is -2.05. The van der Waals surface area contributed by atoms with Crippen LogP contribution in [0.2, 0.25) is 5.02 Å². The lowest BCUT2D eigenvalue weighted by Gasteiger charge is -2.06. The molecule has 2 aromatic heterocycles. The van der Waals surface area contributed by atoms with Crippen molar-refractivity contribution in [3.05, 3.63) is 56.5 Å². The zero-order valence-electron chi connectivity index (χ0n) is 11.4. The largest absolute Gasteiger partial charge is 0.402 e. The van der Waals surface area contributed by atoms with Crippen molar-refractivity contribution in [3.63, 3.8) is 0 Å². The number of hydrogen-bond donors (Lipinski definition) is 0. The van der Waals surface area contributed by atoms with E-state index in [0.717, 1.165) is 22.3 Å². The van der Waals surface area contributed by atoms with E-state index in [4.69, 9.17) is 16.0 Å². The highest BCUT2D eigenvalue weighted by atomic mass is 35.5. The molecule has 0 atom stereocenters. The van der Waals surface area contributed by atoms with E-state index >= 15 is 0 Å². The minimum Gasteiger partial charge on any atom is -0.402 e. The number of rotatable bonds is 1. The maximum absolute atomic E-state index is 11.8. The van der Waals surface area contributed by atoms with Gasteiger partial charge in [0, 0.05) is 0 Å². The number of aryl methyl sites for hydroxylation is 3. The Labute approximate surface area is 120 Å². The fraction of sp³-hybridized carbons (Fsp3) is 0.200. The molecule has 1 aromatic carbocycles. The van der Waals surface area contributed by atoms with Gasteiger partial charge in [-0.05, 0) is 38.0 Å². The predicted octanol–water partition coefficient (Wildman–Crippen LogP) is 3.56. The van der Waals surface area contributed by atoms with Crippen LogP contribution in [0, 0.1) is 20.8 Å². The van der Waals surface area contributed by atoms with Gasteiger partial charge in [-0.1, -0.05) is 29.8 Å². The molecule has 3 rings (SSSR count). The Bertz CT molecular complexity index is 877. The topological polar surface area (TPSA) is 48.0 Å². The molecule has 0 saturated heterocycles. The second kappa shape index (κ2) is 4.49. The van der Waals surface area contributed by atoms with Crippen LogP contribution in [0.4, 0.5) is 0 Å². The van der Waals surface area contributed by atoms with Gasteiger partial charge in [0.1, 0.15) is 5.02 Å². The first-order valence-corrected chi connectivity index (χ1v) is 6.63. The van der Waals surface area contributed by atoms with Gasteiger partial charge in [-0.3, -0.25) is 0 Å². The number of benzene rings is 1. The lowest BCUT2D eigenvalue weighted by atomic mass is 10.2. The van der Waals surface area contributed by atoms with Crippen molar-refractivity contribution < 1.29 is 4.42 Å². The first-order valence-electron chi connectivity index (χ1n) is 6.25. The van der Waals surface area contributed by atoms with E-state index in [-0.39, 0.29) is 5.02 Å². The summed E-state index contributed by atoms with van der Waals surface area (Å²) in [6, 6.07) is 7.80. The molecule has 0 bridgehead atoms. The number of hydrogen-bond acceptors (Lipinski definition) is 3. The Morgan fingerprint density at radius 1 is 1.20 bits per heavy atom. The van der Waals surface area contributed by atoms with E-state index in [1.807, 2.05) is 38.1 Å². The summed E-state index contributed by atoms with van der Waals surface area (Å²) in [5, 5.41) is 5.39. The quantitative estimate of drug-likeness (QED) is 0.688. The van der Waals surface area contributed by atoms with Crippen LogP contribution in [0.15, 0.2) is 33.5 Å². The van der Waals surface area contributed by atoms with Crippen LogP contribution in [0.1, 0.15) is 16.8 Å². The van der Waals surface area contributed by atoms with Crippen LogP contribution in [0.3, 0.4) is 0 Å². The molecule has 0 fully saturated rings. The Morgan fingerprint density at radius 2 is 1.90 bits per heavy atom. The van der Waals surface area contributed by atoms with E-state index in [9.17, 15) is 4.79 Å². The molecule has 3 aromatic rings. The van der Waals surface area contributed by atoms with Gasteiger partial charge >= 0.3 is 5.63 Å². The minimum atomic E-state index is -0.536. The van der Waals surface area contributed by atoms with Gasteiger partial charge in [0.05, 0.1) is 16.8 Å². The Hall–Kier alpha value is -2.07. The second-order valence-electron chi connectivity index (χ2n) is 4.79. The molecule has 4 nitrogen and oxygen atoms in total. The molecule has 0 N–H and O–H groups in total. The minimum absolute atomic E-state index is 0.116. The number of fused-ring (bicyclic) bond motifs is 1. The van der Waals surface area contributed by atoms with Crippen LogP contribution in [0.5, 0.6) is 0 Å². The number of para-hydroxylation sites is 1. The predicted molar refractivity (Wildman–Crippen MR) is 78.8 cm³/mol. The van der Waals surface area contributed by atoms with E-state index < -0.39 is 5.63 Å². The van der Waals surface area contributed by atoms with Gasteiger partial charge in [-0.25, -0.2) is 4.79 Å². The fourth-order valence-electron chi connectivity index (χ4n) is 2.39. The molecule has 102 valence electrons. The first kappa shape index (κ1) is 12.9. The number of aromatic nitrogens is 2. The summed E-state index contributed by atoms with van der Waals surface area (Å²) in [5.74, 6) is 0. The summed E-state index contributed by atoms with van der Waals surface area (Å²) in [6.45, 7) is 5.66. The van der Waals surface area contributed by atoms with Crippen LogP contribution >= 0.6 is 11.6 Å². The van der Waals surface area contributed by atoms with Gasteiger partial charge in [0.15, 0.2) is 0 Å². The molecule has 0 aliphatic carbocycles. The van der Waals surface area contributed by atoms with Gasteiger partial charge < -0.3 is 4.42 Å². The highest BCUT2D eigenvalue weighted by Gasteiger charge is 2.18. The van der Waals surface area contributed by atoms with Crippen molar-refractivity contribution in [1.82, 2.24) is 9.78 Å². The smallest absolute Gasteiger partial charge is 0.356 e. The SMILES string of the molecule is Cc1ccccc1-n1nc(C)c2c(C)c(Cl)c(=O)oc21. The number of halogens is 1. The summed E-state index contributed by atoms with van der Waals surface area (Å²) >= 11 is 5.97. The van der Waals surface area contributed by atoms with Gasteiger partial charge in [0.2, 0.25) is 5.71 Å². The molecule has 5 heteroatoms.